The highest BCUT2D eigenvalue weighted by Crippen LogP contribution is 2.23. The molecule has 1 aromatic carbocycles. The number of nitrogens with one attached hydrogen (secondary N) is 1. The summed E-state index contributed by atoms with van der Waals surface area (Å²) in [6.45, 7) is 1.95. The average molecular weight is 190 g/mol. The van der Waals surface area contributed by atoms with Crippen LogP contribution in [-0.2, 0) is 0 Å². The smallest absolute Gasteiger partial charge is 0.127 e. The molecular formula is C11H11FN2. The summed E-state index contributed by atoms with van der Waals surface area (Å²) in [5, 5.41) is 0. The van der Waals surface area contributed by atoms with Gasteiger partial charge < -0.3 is 4.98 Å². The number of aromatic nitrogens is 2. The van der Waals surface area contributed by atoms with E-state index >= 15 is 0 Å². The largest absolute Gasteiger partial charge is 0.348 e. The van der Waals surface area contributed by atoms with Crippen molar-refractivity contribution in [3.63, 3.8) is 0 Å². The Morgan fingerprint density at radius 1 is 1.36 bits per heavy atom. The van der Waals surface area contributed by atoms with E-state index in [9.17, 15) is 4.39 Å². The standard InChI is InChI=1S/C11H11FN2/c1-8(11-6-13-7-14-11)9-4-2-3-5-10(9)12/h2-8H,1H3,(H,13,14). The number of aromatic amines is 1. The van der Waals surface area contributed by atoms with Crippen molar-refractivity contribution in [3.8, 4) is 0 Å². The molecule has 0 spiro atoms. The Labute approximate surface area is 81.8 Å². The molecular weight excluding hydrogens is 179 g/mol. The zero-order chi connectivity index (χ0) is 9.97. The minimum absolute atomic E-state index is 0.0127. The molecule has 0 aliphatic carbocycles. The third-order valence-electron chi connectivity index (χ3n) is 2.36. The summed E-state index contributed by atoms with van der Waals surface area (Å²) >= 11 is 0. The lowest BCUT2D eigenvalue weighted by molar-refractivity contribution is 0.601. The number of H-pyrrole nitrogens is 1. The van der Waals surface area contributed by atoms with Crippen LogP contribution in [0, 0.1) is 5.82 Å². The fraction of sp³-hybridized carbons (Fsp3) is 0.182. The molecule has 2 nitrogen and oxygen atoms in total. The van der Waals surface area contributed by atoms with Crippen LogP contribution in [0.2, 0.25) is 0 Å². The van der Waals surface area contributed by atoms with Gasteiger partial charge in [-0.1, -0.05) is 25.1 Å². The van der Waals surface area contributed by atoms with Crippen LogP contribution < -0.4 is 0 Å². The van der Waals surface area contributed by atoms with Crippen molar-refractivity contribution in [2.24, 2.45) is 0 Å². The van der Waals surface area contributed by atoms with Gasteiger partial charge in [-0.15, -0.1) is 0 Å². The molecule has 0 saturated heterocycles. The normalized spacial score (nSPS) is 12.7. The van der Waals surface area contributed by atoms with Crippen molar-refractivity contribution in [3.05, 3.63) is 53.9 Å². The number of hydrogen-bond acceptors (Lipinski definition) is 1. The Kier molecular flexibility index (Phi) is 2.31. The maximum absolute atomic E-state index is 13.4. The van der Waals surface area contributed by atoms with Crippen LogP contribution in [0.1, 0.15) is 24.1 Å². The second kappa shape index (κ2) is 3.62. The van der Waals surface area contributed by atoms with Crippen LogP contribution in [0.5, 0.6) is 0 Å². The molecule has 1 unspecified atom stereocenters. The van der Waals surface area contributed by atoms with E-state index in [1.54, 1.807) is 24.7 Å². The summed E-state index contributed by atoms with van der Waals surface area (Å²) in [5.74, 6) is -0.159. The Morgan fingerprint density at radius 2 is 2.14 bits per heavy atom. The zero-order valence-corrected chi connectivity index (χ0v) is 7.87. The predicted molar refractivity (Wildman–Crippen MR) is 52.5 cm³/mol. The zero-order valence-electron chi connectivity index (χ0n) is 7.87. The Morgan fingerprint density at radius 3 is 2.79 bits per heavy atom. The summed E-state index contributed by atoms with van der Waals surface area (Å²) in [6, 6.07) is 6.80. The molecule has 1 aromatic heterocycles. The average Bonchev–Trinajstić information content (AvgIpc) is 2.70. The lowest BCUT2D eigenvalue weighted by atomic mass is 9.98. The highest BCUT2D eigenvalue weighted by atomic mass is 19.1. The molecule has 0 saturated carbocycles. The monoisotopic (exact) mass is 190 g/mol. The summed E-state index contributed by atoms with van der Waals surface area (Å²) in [4.78, 5) is 6.91. The first kappa shape index (κ1) is 8.94. The molecule has 2 rings (SSSR count). The first-order valence-electron chi connectivity index (χ1n) is 4.51. The second-order valence-electron chi connectivity index (χ2n) is 3.25. The number of hydrogen-bond donors (Lipinski definition) is 1. The van der Waals surface area contributed by atoms with Crippen LogP contribution in [0.4, 0.5) is 4.39 Å². The van der Waals surface area contributed by atoms with Crippen LogP contribution in [-0.4, -0.2) is 9.97 Å². The fourth-order valence-electron chi connectivity index (χ4n) is 1.50. The lowest BCUT2D eigenvalue weighted by Gasteiger charge is -2.10. The molecule has 1 heterocycles. The summed E-state index contributed by atoms with van der Waals surface area (Å²) in [7, 11) is 0. The van der Waals surface area contributed by atoms with E-state index in [1.165, 1.54) is 6.07 Å². The van der Waals surface area contributed by atoms with Gasteiger partial charge in [0, 0.05) is 17.8 Å². The summed E-state index contributed by atoms with van der Waals surface area (Å²) in [6.07, 6.45) is 3.32. The van der Waals surface area contributed by atoms with Crippen LogP contribution in [0.25, 0.3) is 0 Å². The molecule has 0 bridgehead atoms. The Balaban J connectivity index is 2.37. The van der Waals surface area contributed by atoms with E-state index in [2.05, 4.69) is 9.97 Å². The van der Waals surface area contributed by atoms with Crippen molar-refractivity contribution >= 4 is 0 Å². The van der Waals surface area contributed by atoms with E-state index in [0.29, 0.717) is 5.56 Å². The molecule has 0 fully saturated rings. The third kappa shape index (κ3) is 1.53. The lowest BCUT2D eigenvalue weighted by Crippen LogP contribution is -1.99. The SMILES string of the molecule is CC(c1cnc[nH]1)c1ccccc1F. The molecule has 3 heteroatoms. The van der Waals surface area contributed by atoms with E-state index < -0.39 is 0 Å². The molecule has 1 N–H and O–H groups in total. The highest BCUT2D eigenvalue weighted by Gasteiger charge is 2.12. The molecule has 14 heavy (non-hydrogen) atoms. The van der Waals surface area contributed by atoms with Gasteiger partial charge in [0.25, 0.3) is 0 Å². The topological polar surface area (TPSA) is 28.7 Å². The molecule has 0 aliphatic heterocycles. The van der Waals surface area contributed by atoms with E-state index in [1.807, 2.05) is 13.0 Å². The predicted octanol–water partition coefficient (Wildman–Crippen LogP) is 2.70. The van der Waals surface area contributed by atoms with E-state index in [-0.39, 0.29) is 11.7 Å². The molecule has 72 valence electrons. The van der Waals surface area contributed by atoms with Gasteiger partial charge in [-0.05, 0) is 11.6 Å². The number of rotatable bonds is 2. The van der Waals surface area contributed by atoms with Gasteiger partial charge in [-0.2, -0.15) is 0 Å². The summed E-state index contributed by atoms with van der Waals surface area (Å²) < 4.78 is 13.4. The maximum Gasteiger partial charge on any atom is 0.127 e. The van der Waals surface area contributed by atoms with Crippen molar-refractivity contribution in [1.82, 2.24) is 9.97 Å². The molecule has 2 aromatic rings. The van der Waals surface area contributed by atoms with Crippen LogP contribution in [0.3, 0.4) is 0 Å². The van der Waals surface area contributed by atoms with Crippen molar-refractivity contribution in [2.75, 3.05) is 0 Å². The number of halogens is 1. The fourth-order valence-corrected chi connectivity index (χ4v) is 1.50. The van der Waals surface area contributed by atoms with Gasteiger partial charge in [0.05, 0.1) is 6.33 Å². The first-order chi connectivity index (χ1) is 6.79. The van der Waals surface area contributed by atoms with Crippen molar-refractivity contribution in [1.29, 1.82) is 0 Å². The molecule has 0 aliphatic rings. The van der Waals surface area contributed by atoms with Gasteiger partial charge in [0.1, 0.15) is 5.82 Å². The maximum atomic E-state index is 13.4. The quantitative estimate of drug-likeness (QED) is 0.774. The van der Waals surface area contributed by atoms with Gasteiger partial charge in [0.15, 0.2) is 0 Å². The Hall–Kier alpha value is -1.64. The number of nitrogens with zero attached hydrogens (tertiary/aromatic N) is 1. The number of imidazole rings is 1. The highest BCUT2D eigenvalue weighted by molar-refractivity contribution is 5.27. The second-order valence-corrected chi connectivity index (χ2v) is 3.25. The minimum atomic E-state index is -0.172. The van der Waals surface area contributed by atoms with E-state index in [4.69, 9.17) is 0 Å². The summed E-state index contributed by atoms with van der Waals surface area (Å²) in [5.41, 5.74) is 1.62. The Bertz CT molecular complexity index is 409. The molecule has 0 amide bonds. The van der Waals surface area contributed by atoms with Crippen LogP contribution in [0.15, 0.2) is 36.8 Å². The minimum Gasteiger partial charge on any atom is -0.348 e. The van der Waals surface area contributed by atoms with Gasteiger partial charge in [-0.3, -0.25) is 0 Å². The van der Waals surface area contributed by atoms with Crippen molar-refractivity contribution < 1.29 is 4.39 Å². The van der Waals surface area contributed by atoms with Crippen molar-refractivity contribution in [2.45, 2.75) is 12.8 Å². The third-order valence-corrected chi connectivity index (χ3v) is 2.36. The number of benzene rings is 1. The molecule has 0 radical (unpaired) electrons. The van der Waals surface area contributed by atoms with Crippen LogP contribution >= 0.6 is 0 Å². The molecule has 1 atom stereocenters. The van der Waals surface area contributed by atoms with Gasteiger partial charge in [-0.25, -0.2) is 9.37 Å². The van der Waals surface area contributed by atoms with Gasteiger partial charge >= 0.3 is 0 Å². The van der Waals surface area contributed by atoms with Gasteiger partial charge in [0.2, 0.25) is 0 Å². The van der Waals surface area contributed by atoms with E-state index in [0.717, 1.165) is 5.69 Å². The first-order valence-corrected chi connectivity index (χ1v) is 4.51.